The number of ketones is 1. The Balaban J connectivity index is 1.18. The average Bonchev–Trinajstić information content (AvgIpc) is 3.62. The third-order valence-electron chi connectivity index (χ3n) is 6.24. The second-order valence-electron chi connectivity index (χ2n) is 8.65. The highest BCUT2D eigenvalue weighted by atomic mass is 79.9. The van der Waals surface area contributed by atoms with Gasteiger partial charge in [0.1, 0.15) is 6.10 Å². The van der Waals surface area contributed by atoms with Crippen LogP contribution in [0.1, 0.15) is 71.7 Å². The highest BCUT2D eigenvalue weighted by Gasteiger charge is 2.46. The number of carbonyl (C=O) groups excluding carboxylic acids is 1. The molecule has 0 amide bonds. The molecule has 2 atom stereocenters. The van der Waals surface area contributed by atoms with E-state index in [2.05, 4.69) is 70.5 Å². The summed E-state index contributed by atoms with van der Waals surface area (Å²) in [5.74, 6) is 0.0767. The first kappa shape index (κ1) is 22.9. The van der Waals surface area contributed by atoms with Crippen molar-refractivity contribution in [1.29, 1.82) is 0 Å². The number of benzene rings is 3. The Labute approximate surface area is 200 Å². The lowest BCUT2D eigenvalue weighted by molar-refractivity contribution is 0.0953. The van der Waals surface area contributed by atoms with Crippen LogP contribution in [-0.2, 0) is 17.6 Å². The Bertz CT molecular complexity index is 997. The van der Waals surface area contributed by atoms with Crippen LogP contribution in [0.2, 0.25) is 0 Å². The molecule has 0 aliphatic carbocycles. The summed E-state index contributed by atoms with van der Waals surface area (Å²) < 4.78 is 6.81. The van der Waals surface area contributed by atoms with Crippen LogP contribution in [0.4, 0.5) is 0 Å². The van der Waals surface area contributed by atoms with E-state index in [0.717, 1.165) is 10.9 Å². The molecule has 0 spiro atoms. The topological polar surface area (TPSA) is 29.6 Å². The van der Waals surface area contributed by atoms with Gasteiger partial charge in [-0.05, 0) is 54.5 Å². The first-order chi connectivity index (χ1) is 15.7. The van der Waals surface area contributed by atoms with Gasteiger partial charge in [-0.25, -0.2) is 0 Å². The maximum Gasteiger partial charge on any atom is 0.194 e. The molecule has 1 saturated heterocycles. The van der Waals surface area contributed by atoms with E-state index in [1.165, 1.54) is 61.6 Å². The Morgan fingerprint density at radius 2 is 1.34 bits per heavy atom. The first-order valence-corrected chi connectivity index (χ1v) is 12.6. The minimum absolute atomic E-state index is 0.0767. The number of halogens is 1. The van der Waals surface area contributed by atoms with Crippen molar-refractivity contribution in [3.05, 3.63) is 106 Å². The smallest absolute Gasteiger partial charge is 0.194 e. The summed E-state index contributed by atoms with van der Waals surface area (Å²) >= 11 is 3.42. The van der Waals surface area contributed by atoms with Crippen LogP contribution >= 0.6 is 15.9 Å². The molecule has 3 aromatic rings. The van der Waals surface area contributed by atoms with Crippen LogP contribution in [0.3, 0.4) is 0 Å². The van der Waals surface area contributed by atoms with Crippen molar-refractivity contribution < 1.29 is 9.53 Å². The van der Waals surface area contributed by atoms with Gasteiger partial charge in [0.25, 0.3) is 0 Å². The van der Waals surface area contributed by atoms with Gasteiger partial charge in [0.05, 0.1) is 0 Å². The summed E-state index contributed by atoms with van der Waals surface area (Å²) in [6.07, 6.45) is 9.43. The molecule has 0 saturated carbocycles. The van der Waals surface area contributed by atoms with Gasteiger partial charge < -0.3 is 4.74 Å². The molecule has 32 heavy (non-hydrogen) atoms. The maximum absolute atomic E-state index is 12.7. The molecule has 1 fully saturated rings. The third kappa shape index (κ3) is 6.40. The molecule has 3 heteroatoms. The van der Waals surface area contributed by atoms with Crippen molar-refractivity contribution in [1.82, 2.24) is 0 Å². The number of aryl methyl sites for hydroxylation is 2. The molecule has 166 valence electrons. The van der Waals surface area contributed by atoms with E-state index in [0.29, 0.717) is 5.56 Å². The lowest BCUT2D eigenvalue weighted by Gasteiger charge is -2.08. The number of Topliss-reactive ketones (excluding diaryl/α,β-unsaturated/α-hetero) is 1. The van der Waals surface area contributed by atoms with Crippen molar-refractivity contribution in [2.24, 2.45) is 0 Å². The quantitative estimate of drug-likeness (QED) is 0.146. The first-order valence-electron chi connectivity index (χ1n) is 11.8. The van der Waals surface area contributed by atoms with E-state index in [-0.39, 0.29) is 18.0 Å². The summed E-state index contributed by atoms with van der Waals surface area (Å²) in [5, 5.41) is 0. The molecule has 2 unspecified atom stereocenters. The highest BCUT2D eigenvalue weighted by molar-refractivity contribution is 9.10. The van der Waals surface area contributed by atoms with Crippen molar-refractivity contribution in [2.75, 3.05) is 0 Å². The highest BCUT2D eigenvalue weighted by Crippen LogP contribution is 2.42. The van der Waals surface area contributed by atoms with Crippen molar-refractivity contribution in [3.8, 4) is 0 Å². The number of epoxide rings is 1. The molecule has 1 heterocycles. The van der Waals surface area contributed by atoms with E-state index in [9.17, 15) is 4.79 Å². The maximum atomic E-state index is 12.7. The van der Waals surface area contributed by atoms with E-state index >= 15 is 0 Å². The molecule has 0 bridgehead atoms. The summed E-state index contributed by atoms with van der Waals surface area (Å²) in [4.78, 5) is 12.7. The van der Waals surface area contributed by atoms with Crippen molar-refractivity contribution in [2.45, 2.75) is 63.6 Å². The molecule has 2 nitrogen and oxygen atoms in total. The minimum Gasteiger partial charge on any atom is -0.356 e. The van der Waals surface area contributed by atoms with Gasteiger partial charge in [-0.2, -0.15) is 0 Å². The molecular weight excluding hydrogens is 460 g/mol. The average molecular weight is 491 g/mol. The van der Waals surface area contributed by atoms with Gasteiger partial charge in [-0.3, -0.25) is 4.79 Å². The fourth-order valence-electron chi connectivity index (χ4n) is 4.36. The number of carbonyl (C=O) groups is 1. The van der Waals surface area contributed by atoms with Crippen LogP contribution in [0.5, 0.6) is 0 Å². The predicted molar refractivity (Wildman–Crippen MR) is 134 cm³/mol. The number of ether oxygens (including phenoxy) is 1. The summed E-state index contributed by atoms with van der Waals surface area (Å²) in [5.41, 5.74) is 4.67. The van der Waals surface area contributed by atoms with Crippen LogP contribution in [-0.4, -0.2) is 11.9 Å². The number of rotatable bonds is 12. The lowest BCUT2D eigenvalue weighted by atomic mass is 9.95. The third-order valence-corrected chi connectivity index (χ3v) is 6.77. The Hall–Kier alpha value is -2.23. The summed E-state index contributed by atoms with van der Waals surface area (Å²) in [6, 6.07) is 26.8. The van der Waals surface area contributed by atoms with Gasteiger partial charge in [-0.1, -0.05) is 108 Å². The Morgan fingerprint density at radius 3 is 2.09 bits per heavy atom. The second-order valence-corrected chi connectivity index (χ2v) is 9.57. The molecule has 0 aromatic heterocycles. The normalized spacial score (nSPS) is 17.3. The Morgan fingerprint density at radius 1 is 0.719 bits per heavy atom. The van der Waals surface area contributed by atoms with E-state index in [1.807, 2.05) is 24.3 Å². The Kier molecular flexibility index (Phi) is 8.30. The van der Waals surface area contributed by atoms with Gasteiger partial charge in [-0.15, -0.1) is 0 Å². The van der Waals surface area contributed by atoms with Crippen molar-refractivity contribution in [3.63, 3.8) is 0 Å². The minimum atomic E-state index is -0.345. The predicted octanol–water partition coefficient (Wildman–Crippen LogP) is 7.90. The monoisotopic (exact) mass is 490 g/mol. The molecule has 4 rings (SSSR count). The van der Waals surface area contributed by atoms with Crippen LogP contribution in [0.25, 0.3) is 0 Å². The van der Waals surface area contributed by atoms with E-state index in [4.69, 9.17) is 4.74 Å². The van der Waals surface area contributed by atoms with E-state index < -0.39 is 0 Å². The van der Waals surface area contributed by atoms with Gasteiger partial charge >= 0.3 is 0 Å². The summed E-state index contributed by atoms with van der Waals surface area (Å²) in [7, 11) is 0. The molecule has 0 N–H and O–H groups in total. The zero-order valence-electron chi connectivity index (χ0n) is 18.5. The zero-order valence-corrected chi connectivity index (χ0v) is 20.1. The van der Waals surface area contributed by atoms with Crippen LogP contribution < -0.4 is 0 Å². The molecule has 1 aliphatic heterocycles. The van der Waals surface area contributed by atoms with Crippen LogP contribution in [0, 0.1) is 0 Å². The van der Waals surface area contributed by atoms with Gasteiger partial charge in [0.15, 0.2) is 11.9 Å². The SMILES string of the molecule is O=C(c1ccc(Br)cc1)C1OC1c1ccccc1CCCCCCCCc1ccccc1. The zero-order chi connectivity index (χ0) is 22.2. The standard InChI is InChI=1S/C29H31BrO2/c30-25-20-18-24(19-21-25)27(31)29-28(32-29)26-17-11-10-16-23(26)15-9-4-2-1-3-6-12-22-13-7-5-8-14-22/h5,7-8,10-11,13-14,16-21,28-29H,1-4,6,9,12,15H2. The fraction of sp³-hybridized carbons (Fsp3) is 0.345. The fourth-order valence-corrected chi connectivity index (χ4v) is 4.63. The number of hydrogen-bond acceptors (Lipinski definition) is 2. The largest absolute Gasteiger partial charge is 0.356 e. The number of unbranched alkanes of at least 4 members (excludes halogenated alkanes) is 5. The van der Waals surface area contributed by atoms with E-state index in [1.54, 1.807) is 0 Å². The summed E-state index contributed by atoms with van der Waals surface area (Å²) in [6.45, 7) is 0. The van der Waals surface area contributed by atoms with Gasteiger partial charge in [0.2, 0.25) is 0 Å². The molecule has 0 radical (unpaired) electrons. The molecule has 1 aliphatic rings. The molecular formula is C29H31BrO2. The number of hydrogen-bond donors (Lipinski definition) is 0. The molecule has 3 aromatic carbocycles. The van der Waals surface area contributed by atoms with Crippen LogP contribution in [0.15, 0.2) is 83.3 Å². The van der Waals surface area contributed by atoms with Crippen molar-refractivity contribution >= 4 is 21.7 Å². The van der Waals surface area contributed by atoms with Gasteiger partial charge in [0, 0.05) is 10.0 Å². The second kappa shape index (κ2) is 11.6. The lowest BCUT2D eigenvalue weighted by Crippen LogP contribution is -2.08.